The summed E-state index contributed by atoms with van der Waals surface area (Å²) in [4.78, 5) is 15.2. The fourth-order valence-corrected chi connectivity index (χ4v) is 1.93. The molecule has 19 heavy (non-hydrogen) atoms. The molecule has 0 spiro atoms. The molecular formula is C15H18N2O2. The van der Waals surface area contributed by atoms with Gasteiger partial charge in [0, 0.05) is 11.6 Å². The Morgan fingerprint density at radius 3 is 2.63 bits per heavy atom. The molecule has 0 aliphatic heterocycles. The third-order valence-corrected chi connectivity index (χ3v) is 3.18. The summed E-state index contributed by atoms with van der Waals surface area (Å²) in [6.45, 7) is 5.87. The van der Waals surface area contributed by atoms with Gasteiger partial charge in [0.15, 0.2) is 0 Å². The Balaban J connectivity index is 2.48. The number of benzene rings is 1. The zero-order valence-electron chi connectivity index (χ0n) is 11.3. The average molecular weight is 258 g/mol. The van der Waals surface area contributed by atoms with Gasteiger partial charge in [0.1, 0.15) is 11.9 Å². The first-order valence-corrected chi connectivity index (χ1v) is 6.37. The lowest BCUT2D eigenvalue weighted by molar-refractivity contribution is -0.137. The molecule has 0 radical (unpaired) electrons. The van der Waals surface area contributed by atoms with Crippen molar-refractivity contribution in [1.29, 1.82) is 0 Å². The number of nitrogens with zero attached hydrogens (tertiary/aromatic N) is 1. The number of aromatic nitrogens is 1. The quantitative estimate of drug-likeness (QED) is 0.883. The Bertz CT molecular complexity index is 608. The summed E-state index contributed by atoms with van der Waals surface area (Å²) in [6, 6.07) is 7.47. The molecule has 0 aliphatic carbocycles. The van der Waals surface area contributed by atoms with Crippen molar-refractivity contribution < 1.29 is 9.90 Å². The lowest BCUT2D eigenvalue weighted by Gasteiger charge is -2.13. The number of hydrogen-bond donors (Lipinski definition) is 2. The van der Waals surface area contributed by atoms with E-state index in [1.165, 1.54) is 5.56 Å². The summed E-state index contributed by atoms with van der Waals surface area (Å²) < 4.78 is 0. The highest BCUT2D eigenvalue weighted by atomic mass is 16.4. The molecule has 2 N–H and O–H groups in total. The first kappa shape index (κ1) is 13.3. The van der Waals surface area contributed by atoms with E-state index < -0.39 is 12.0 Å². The molecule has 0 aliphatic rings. The Labute approximate surface area is 112 Å². The standard InChI is InChI=1S/C15H18N2O2/c1-9(2)12-5-4-11-6-7-16-14(13(11)8-12)17-10(3)15(18)19/h4-10H,1-3H3,(H,16,17)(H,18,19). The third-order valence-electron chi connectivity index (χ3n) is 3.18. The van der Waals surface area contributed by atoms with Crippen LogP contribution in [-0.2, 0) is 4.79 Å². The normalized spacial score (nSPS) is 12.6. The van der Waals surface area contributed by atoms with Gasteiger partial charge < -0.3 is 10.4 Å². The maximum atomic E-state index is 10.9. The van der Waals surface area contributed by atoms with Crippen LogP contribution in [0.3, 0.4) is 0 Å². The molecule has 0 amide bonds. The van der Waals surface area contributed by atoms with E-state index in [1.807, 2.05) is 12.1 Å². The lowest BCUT2D eigenvalue weighted by Crippen LogP contribution is -2.25. The monoisotopic (exact) mass is 258 g/mol. The zero-order valence-corrected chi connectivity index (χ0v) is 11.3. The second kappa shape index (κ2) is 5.26. The highest BCUT2D eigenvalue weighted by Crippen LogP contribution is 2.26. The number of carbonyl (C=O) groups is 1. The van der Waals surface area contributed by atoms with Crippen LogP contribution in [0.2, 0.25) is 0 Å². The van der Waals surface area contributed by atoms with Crippen LogP contribution in [0, 0.1) is 0 Å². The second-order valence-corrected chi connectivity index (χ2v) is 5.00. The minimum atomic E-state index is -0.890. The minimum absolute atomic E-state index is 0.425. The van der Waals surface area contributed by atoms with Crippen molar-refractivity contribution in [2.75, 3.05) is 5.32 Å². The van der Waals surface area contributed by atoms with Gasteiger partial charge in [-0.2, -0.15) is 0 Å². The van der Waals surface area contributed by atoms with Crippen LogP contribution < -0.4 is 5.32 Å². The number of carboxylic acid groups (broad SMARTS) is 1. The van der Waals surface area contributed by atoms with Gasteiger partial charge in [0.25, 0.3) is 0 Å². The van der Waals surface area contributed by atoms with Crippen molar-refractivity contribution in [3.63, 3.8) is 0 Å². The van der Waals surface area contributed by atoms with Gasteiger partial charge in [-0.15, -0.1) is 0 Å². The Hall–Kier alpha value is -2.10. The summed E-state index contributed by atoms with van der Waals surface area (Å²) >= 11 is 0. The first-order valence-electron chi connectivity index (χ1n) is 6.37. The second-order valence-electron chi connectivity index (χ2n) is 5.00. The number of pyridine rings is 1. The fraction of sp³-hybridized carbons (Fsp3) is 0.333. The molecule has 2 aromatic rings. The van der Waals surface area contributed by atoms with Gasteiger partial charge in [-0.05, 0) is 35.9 Å². The highest BCUT2D eigenvalue weighted by Gasteiger charge is 2.13. The molecular weight excluding hydrogens is 240 g/mol. The Morgan fingerprint density at radius 1 is 1.26 bits per heavy atom. The predicted octanol–water partition coefficient (Wildman–Crippen LogP) is 3.24. The van der Waals surface area contributed by atoms with E-state index in [9.17, 15) is 4.79 Å². The molecule has 0 saturated heterocycles. The van der Waals surface area contributed by atoms with Crippen molar-refractivity contribution in [2.24, 2.45) is 0 Å². The number of anilines is 1. The first-order chi connectivity index (χ1) is 8.99. The van der Waals surface area contributed by atoms with Crippen molar-refractivity contribution in [3.8, 4) is 0 Å². The minimum Gasteiger partial charge on any atom is -0.480 e. The average Bonchev–Trinajstić information content (AvgIpc) is 2.38. The molecule has 1 heterocycles. The topological polar surface area (TPSA) is 62.2 Å². The van der Waals surface area contributed by atoms with Crippen molar-refractivity contribution >= 4 is 22.6 Å². The molecule has 0 saturated carbocycles. The number of hydrogen-bond acceptors (Lipinski definition) is 3. The van der Waals surface area contributed by atoms with Gasteiger partial charge in [-0.3, -0.25) is 4.79 Å². The largest absolute Gasteiger partial charge is 0.480 e. The van der Waals surface area contributed by atoms with E-state index in [2.05, 4.69) is 36.3 Å². The van der Waals surface area contributed by atoms with E-state index in [0.717, 1.165) is 10.8 Å². The SMILES string of the molecule is CC(Nc1nccc2ccc(C(C)C)cc12)C(=O)O. The summed E-state index contributed by atoms with van der Waals surface area (Å²) in [6.07, 6.45) is 1.69. The van der Waals surface area contributed by atoms with Crippen LogP contribution in [0.4, 0.5) is 5.82 Å². The summed E-state index contributed by atoms with van der Waals surface area (Å²) in [5.74, 6) is 0.156. The predicted molar refractivity (Wildman–Crippen MR) is 76.6 cm³/mol. The van der Waals surface area contributed by atoms with Gasteiger partial charge in [-0.25, -0.2) is 4.98 Å². The molecule has 1 unspecified atom stereocenters. The summed E-state index contributed by atoms with van der Waals surface area (Å²) in [5.41, 5.74) is 1.21. The molecule has 1 aromatic heterocycles. The Morgan fingerprint density at radius 2 is 2.00 bits per heavy atom. The number of nitrogens with one attached hydrogen (secondary N) is 1. The summed E-state index contributed by atoms with van der Waals surface area (Å²) in [7, 11) is 0. The number of carboxylic acids is 1. The molecule has 4 heteroatoms. The Kier molecular flexibility index (Phi) is 3.69. The number of aliphatic carboxylic acids is 1. The smallest absolute Gasteiger partial charge is 0.325 e. The van der Waals surface area contributed by atoms with E-state index in [0.29, 0.717) is 11.7 Å². The van der Waals surface area contributed by atoms with E-state index in [4.69, 9.17) is 5.11 Å². The maximum absolute atomic E-state index is 10.9. The molecule has 1 atom stereocenters. The summed E-state index contributed by atoms with van der Waals surface area (Å²) in [5, 5.41) is 13.9. The van der Waals surface area contributed by atoms with Crippen molar-refractivity contribution in [3.05, 3.63) is 36.0 Å². The van der Waals surface area contributed by atoms with Gasteiger partial charge in [-0.1, -0.05) is 26.0 Å². The fourth-order valence-electron chi connectivity index (χ4n) is 1.93. The maximum Gasteiger partial charge on any atom is 0.325 e. The van der Waals surface area contributed by atoms with Gasteiger partial charge >= 0.3 is 5.97 Å². The molecule has 1 aromatic carbocycles. The molecule has 0 fully saturated rings. The van der Waals surface area contributed by atoms with Gasteiger partial charge in [0.2, 0.25) is 0 Å². The molecule has 100 valence electrons. The van der Waals surface area contributed by atoms with Crippen LogP contribution in [0.15, 0.2) is 30.5 Å². The zero-order chi connectivity index (χ0) is 14.0. The molecule has 4 nitrogen and oxygen atoms in total. The lowest BCUT2D eigenvalue weighted by atomic mass is 10.00. The number of fused-ring (bicyclic) bond motifs is 1. The van der Waals surface area contributed by atoms with Crippen LogP contribution in [0.1, 0.15) is 32.3 Å². The third kappa shape index (κ3) is 2.84. The van der Waals surface area contributed by atoms with Crippen LogP contribution in [0.25, 0.3) is 10.8 Å². The highest BCUT2D eigenvalue weighted by molar-refractivity contribution is 5.93. The van der Waals surface area contributed by atoms with Gasteiger partial charge in [0.05, 0.1) is 0 Å². The van der Waals surface area contributed by atoms with Crippen LogP contribution in [0.5, 0.6) is 0 Å². The molecule has 0 bridgehead atoms. The molecule has 2 rings (SSSR count). The van der Waals surface area contributed by atoms with E-state index in [1.54, 1.807) is 13.1 Å². The van der Waals surface area contributed by atoms with Crippen LogP contribution >= 0.6 is 0 Å². The van der Waals surface area contributed by atoms with Crippen molar-refractivity contribution in [2.45, 2.75) is 32.7 Å². The van der Waals surface area contributed by atoms with E-state index >= 15 is 0 Å². The van der Waals surface area contributed by atoms with Crippen molar-refractivity contribution in [1.82, 2.24) is 4.98 Å². The van der Waals surface area contributed by atoms with E-state index in [-0.39, 0.29) is 0 Å². The van der Waals surface area contributed by atoms with Crippen LogP contribution in [-0.4, -0.2) is 22.1 Å². The number of rotatable bonds is 4.